The molecule has 0 radical (unpaired) electrons. The number of rotatable bonds is 6. The van der Waals surface area contributed by atoms with Gasteiger partial charge in [0.1, 0.15) is 36.4 Å². The largest absolute Gasteiger partial charge is 0.497 e. The quantitative estimate of drug-likeness (QED) is 0.174. The molecule has 6 N–H and O–H groups in total. The van der Waals surface area contributed by atoms with E-state index in [4.69, 9.17) is 15.2 Å². The van der Waals surface area contributed by atoms with Crippen LogP contribution in [-0.2, 0) is 11.3 Å². The van der Waals surface area contributed by atoms with E-state index in [1.165, 1.54) is 0 Å². The molecule has 12 heteroatoms. The van der Waals surface area contributed by atoms with Gasteiger partial charge in [0.05, 0.1) is 13.7 Å². The van der Waals surface area contributed by atoms with Gasteiger partial charge in [-0.1, -0.05) is 12.1 Å². The number of halogens is 1. The number of benzene rings is 1. The Kier molecular flexibility index (Phi) is 6.07. The summed E-state index contributed by atoms with van der Waals surface area (Å²) in [6, 6.07) is 7.56. The van der Waals surface area contributed by atoms with Crippen LogP contribution in [0, 0.1) is 0 Å². The number of nitrogens with two attached hydrogens (primary N) is 1. The van der Waals surface area contributed by atoms with E-state index in [0.717, 1.165) is 11.3 Å². The molecule has 1 saturated heterocycles. The van der Waals surface area contributed by atoms with Gasteiger partial charge < -0.3 is 29.7 Å². The van der Waals surface area contributed by atoms with E-state index in [-0.39, 0.29) is 6.67 Å². The molecular formula is C18H23IN6O5. The van der Waals surface area contributed by atoms with Crippen molar-refractivity contribution in [3.63, 3.8) is 0 Å². The van der Waals surface area contributed by atoms with Gasteiger partial charge in [-0.15, -0.1) is 0 Å². The highest BCUT2D eigenvalue weighted by Gasteiger charge is 2.51. The number of aliphatic imine (C=N–C) groups is 3. The van der Waals surface area contributed by atoms with E-state index >= 15 is 0 Å². The number of methoxy groups -OCH3 is 1. The summed E-state index contributed by atoms with van der Waals surface area (Å²) in [7, 11) is 1.61. The maximum atomic E-state index is 10.4. The first-order valence-corrected chi connectivity index (χ1v) is 10.4. The zero-order valence-electron chi connectivity index (χ0n) is 16.1. The van der Waals surface area contributed by atoms with Crippen LogP contribution in [0.5, 0.6) is 5.75 Å². The van der Waals surface area contributed by atoms with Crippen LogP contribution in [0.2, 0.25) is 0 Å². The molecule has 0 bridgehead atoms. The molecule has 162 valence electrons. The minimum Gasteiger partial charge on any atom is -0.497 e. The standard InChI is InChI=1S/C18H23IN6O5/c1-29-10-4-2-9(3-5-10)6-22-18(20)14-15(23-17(19)24-18)25(8-21-14)16-13(28)12(27)11(7-26)30-16/h2-5,11-13,16,22,26-28H,6-8,20H2,1H3/t11-,12-,13-,16-,18?/m1/s1. The lowest BCUT2D eigenvalue weighted by Crippen LogP contribution is -2.63. The van der Waals surface area contributed by atoms with Crippen LogP contribution in [-0.4, -0.2) is 86.3 Å². The number of aliphatic hydroxyl groups excluding tert-OH is 3. The van der Waals surface area contributed by atoms with Crippen molar-refractivity contribution in [2.45, 2.75) is 36.9 Å². The number of fused-ring (bicyclic) bond motifs is 1. The summed E-state index contributed by atoms with van der Waals surface area (Å²) in [4.78, 5) is 15.0. The lowest BCUT2D eigenvalue weighted by Gasteiger charge is -2.33. The first-order valence-electron chi connectivity index (χ1n) is 9.31. The normalized spacial score (nSPS) is 33.1. The van der Waals surface area contributed by atoms with Crippen LogP contribution < -0.4 is 15.8 Å². The first kappa shape index (κ1) is 21.5. The zero-order chi connectivity index (χ0) is 21.5. The summed E-state index contributed by atoms with van der Waals surface area (Å²) in [6.45, 7) is 0.142. The molecule has 3 heterocycles. The molecule has 3 aliphatic rings. The molecule has 0 aliphatic carbocycles. The Morgan fingerprint density at radius 2 is 2.07 bits per heavy atom. The Morgan fingerprint density at radius 1 is 1.33 bits per heavy atom. The van der Waals surface area contributed by atoms with E-state index in [1.54, 1.807) is 12.0 Å². The molecule has 3 aliphatic heterocycles. The summed E-state index contributed by atoms with van der Waals surface area (Å²) in [5.74, 6) is -0.148. The second kappa shape index (κ2) is 8.45. The summed E-state index contributed by atoms with van der Waals surface area (Å²) >= 11 is 1.97. The second-order valence-electron chi connectivity index (χ2n) is 7.13. The van der Waals surface area contributed by atoms with Gasteiger partial charge in [0.15, 0.2) is 15.9 Å². The summed E-state index contributed by atoms with van der Waals surface area (Å²) in [5.41, 5.74) is 7.95. The molecule has 0 spiro atoms. The van der Waals surface area contributed by atoms with Crippen LogP contribution in [0.1, 0.15) is 5.56 Å². The monoisotopic (exact) mass is 530 g/mol. The van der Waals surface area contributed by atoms with Crippen LogP contribution in [0.25, 0.3) is 0 Å². The van der Waals surface area contributed by atoms with Crippen molar-refractivity contribution in [2.24, 2.45) is 20.7 Å². The smallest absolute Gasteiger partial charge is 0.212 e. The van der Waals surface area contributed by atoms with Crippen molar-refractivity contribution in [1.82, 2.24) is 10.2 Å². The molecule has 1 aromatic carbocycles. The SMILES string of the molecule is COc1ccc(CNC2(N)N=C(I)N=C3C2=NCN3[C@@H]2O[C@H](CO)[C@@H](O)[C@H]2O)cc1. The summed E-state index contributed by atoms with van der Waals surface area (Å²) < 4.78 is 11.2. The molecule has 0 saturated carbocycles. The van der Waals surface area contributed by atoms with Gasteiger partial charge >= 0.3 is 0 Å². The predicted octanol–water partition coefficient (Wildman–Crippen LogP) is -1.25. The van der Waals surface area contributed by atoms with Crippen molar-refractivity contribution >= 4 is 38.0 Å². The maximum absolute atomic E-state index is 10.4. The van der Waals surface area contributed by atoms with Crippen molar-refractivity contribution < 1.29 is 24.8 Å². The fourth-order valence-electron chi connectivity index (χ4n) is 3.58. The highest BCUT2D eigenvalue weighted by Crippen LogP contribution is 2.29. The minimum absolute atomic E-state index is 0.128. The van der Waals surface area contributed by atoms with Gasteiger partial charge in [-0.3, -0.25) is 16.0 Å². The maximum Gasteiger partial charge on any atom is 0.212 e. The van der Waals surface area contributed by atoms with Gasteiger partial charge in [-0.25, -0.2) is 9.98 Å². The molecule has 4 rings (SSSR count). The topological polar surface area (TPSA) is 158 Å². The predicted molar refractivity (Wildman–Crippen MR) is 118 cm³/mol. The molecule has 30 heavy (non-hydrogen) atoms. The number of aliphatic hydroxyl groups is 3. The van der Waals surface area contributed by atoms with E-state index in [0.29, 0.717) is 21.9 Å². The molecule has 0 aromatic heterocycles. The van der Waals surface area contributed by atoms with Gasteiger partial charge in [0.25, 0.3) is 0 Å². The van der Waals surface area contributed by atoms with Crippen LogP contribution in [0.4, 0.5) is 0 Å². The molecule has 1 aromatic rings. The number of nitrogens with one attached hydrogen (secondary N) is 1. The fraction of sp³-hybridized carbons (Fsp3) is 0.500. The fourth-order valence-corrected chi connectivity index (χ4v) is 4.19. The van der Waals surface area contributed by atoms with E-state index in [2.05, 4.69) is 20.3 Å². The Labute approximate surface area is 186 Å². The summed E-state index contributed by atoms with van der Waals surface area (Å²) in [5, 5.41) is 33.0. The lowest BCUT2D eigenvalue weighted by molar-refractivity contribution is -0.0688. The van der Waals surface area contributed by atoms with E-state index < -0.39 is 36.9 Å². The average Bonchev–Trinajstić information content (AvgIpc) is 3.28. The number of hydrogen-bond acceptors (Lipinski definition) is 11. The highest BCUT2D eigenvalue weighted by atomic mass is 127. The third-order valence-corrected chi connectivity index (χ3v) is 5.72. The van der Waals surface area contributed by atoms with Crippen LogP contribution in [0.15, 0.2) is 39.2 Å². The zero-order valence-corrected chi connectivity index (χ0v) is 18.3. The molecule has 1 unspecified atom stereocenters. The highest BCUT2D eigenvalue weighted by molar-refractivity contribution is 14.1. The van der Waals surface area contributed by atoms with Crippen molar-refractivity contribution in [3.8, 4) is 5.75 Å². The van der Waals surface area contributed by atoms with Gasteiger partial charge in [-0.2, -0.15) is 0 Å². The molecule has 1 fully saturated rings. The van der Waals surface area contributed by atoms with Crippen molar-refractivity contribution in [1.29, 1.82) is 0 Å². The molecule has 5 atom stereocenters. The van der Waals surface area contributed by atoms with Crippen molar-refractivity contribution in [3.05, 3.63) is 29.8 Å². The van der Waals surface area contributed by atoms with Crippen molar-refractivity contribution in [2.75, 3.05) is 20.4 Å². The third-order valence-electron chi connectivity index (χ3n) is 5.24. The second-order valence-corrected chi connectivity index (χ2v) is 8.10. The lowest BCUT2D eigenvalue weighted by atomic mass is 10.1. The van der Waals surface area contributed by atoms with E-state index in [9.17, 15) is 15.3 Å². The van der Waals surface area contributed by atoms with E-state index in [1.807, 2.05) is 46.9 Å². The number of nitrogens with zero attached hydrogens (tertiary/aromatic N) is 4. The van der Waals surface area contributed by atoms with Crippen LogP contribution in [0.3, 0.4) is 0 Å². The van der Waals surface area contributed by atoms with Crippen LogP contribution >= 0.6 is 22.6 Å². The number of amidine groups is 2. The van der Waals surface area contributed by atoms with Gasteiger partial charge in [-0.05, 0) is 17.7 Å². The molecular weight excluding hydrogens is 507 g/mol. The Balaban J connectivity index is 1.52. The molecule has 0 amide bonds. The summed E-state index contributed by atoms with van der Waals surface area (Å²) in [6.07, 6.45) is -4.24. The van der Waals surface area contributed by atoms with Gasteiger partial charge in [0, 0.05) is 29.1 Å². The number of ether oxygens (including phenoxy) is 2. The van der Waals surface area contributed by atoms with Gasteiger partial charge in [0.2, 0.25) is 5.79 Å². The third kappa shape index (κ3) is 3.84. The average molecular weight is 530 g/mol. The minimum atomic E-state index is -1.32. The number of hydrogen-bond donors (Lipinski definition) is 5. The Hall–Kier alpha value is -1.68. The first-order chi connectivity index (χ1) is 14.4. The Morgan fingerprint density at radius 3 is 2.70 bits per heavy atom. The Bertz CT molecular complexity index is 894. The molecule has 11 nitrogen and oxygen atoms in total.